The molecule has 10 heteroatoms. The summed E-state index contributed by atoms with van der Waals surface area (Å²) in [7, 11) is -3.65. The molecule has 0 radical (unpaired) electrons. The second-order valence-corrected chi connectivity index (χ2v) is 9.84. The lowest BCUT2D eigenvalue weighted by molar-refractivity contribution is -0.121. The third-order valence-electron chi connectivity index (χ3n) is 5.60. The fourth-order valence-electron chi connectivity index (χ4n) is 3.81. The zero-order chi connectivity index (χ0) is 22.9. The Hall–Kier alpha value is -3.08. The Kier molecular flexibility index (Phi) is 6.09. The monoisotopic (exact) mass is 456 g/mol. The van der Waals surface area contributed by atoms with Gasteiger partial charge in [-0.25, -0.2) is 18.7 Å². The molecule has 32 heavy (non-hydrogen) atoms. The Morgan fingerprint density at radius 1 is 1.03 bits per heavy atom. The van der Waals surface area contributed by atoms with Crippen molar-refractivity contribution in [1.82, 2.24) is 15.2 Å². The van der Waals surface area contributed by atoms with Crippen LogP contribution in [0.1, 0.15) is 35.2 Å². The molecule has 2 aromatic rings. The van der Waals surface area contributed by atoms with Crippen LogP contribution in [-0.2, 0) is 19.6 Å². The Morgan fingerprint density at radius 2 is 1.72 bits per heavy atom. The lowest BCUT2D eigenvalue weighted by atomic mass is 10.2. The number of nitrogens with zero attached hydrogens (tertiary/aromatic N) is 2. The Labute approximate surface area is 186 Å². The van der Waals surface area contributed by atoms with Crippen LogP contribution in [0.5, 0.6) is 0 Å². The van der Waals surface area contributed by atoms with E-state index in [0.717, 1.165) is 23.3 Å². The van der Waals surface area contributed by atoms with Gasteiger partial charge in [-0.3, -0.25) is 19.8 Å². The Balaban J connectivity index is 1.42. The maximum absolute atomic E-state index is 12.7. The van der Waals surface area contributed by atoms with E-state index in [4.69, 9.17) is 0 Å². The molecule has 9 nitrogen and oxygen atoms in total. The molecule has 1 atom stereocenters. The zero-order valence-electron chi connectivity index (χ0n) is 17.6. The molecule has 2 aliphatic heterocycles. The summed E-state index contributed by atoms with van der Waals surface area (Å²) in [5.74, 6) is -1.44. The number of nitrogens with one attached hydrogen (secondary N) is 2. The van der Waals surface area contributed by atoms with Crippen LogP contribution in [0.2, 0.25) is 0 Å². The topological polar surface area (TPSA) is 116 Å². The van der Waals surface area contributed by atoms with Gasteiger partial charge in [-0.2, -0.15) is 4.31 Å². The van der Waals surface area contributed by atoms with Crippen LogP contribution < -0.4 is 15.8 Å². The molecule has 2 N–H and O–H groups in total. The van der Waals surface area contributed by atoms with Crippen LogP contribution >= 0.6 is 0 Å². The first kappa shape index (κ1) is 22.1. The molecule has 0 aliphatic carbocycles. The van der Waals surface area contributed by atoms with E-state index in [1.165, 1.54) is 28.6 Å². The van der Waals surface area contributed by atoms with Crippen LogP contribution in [0.25, 0.3) is 0 Å². The molecule has 2 heterocycles. The number of aryl methyl sites for hydroxylation is 1. The SMILES string of the molecule is Cc1ccc(N2C(=O)C[C@H](NNC(=O)c3cccc(S(=O)(=O)N4CCCC4)c3)C2=O)cc1. The van der Waals surface area contributed by atoms with Gasteiger partial charge in [-0.15, -0.1) is 0 Å². The number of benzene rings is 2. The van der Waals surface area contributed by atoms with Gasteiger partial charge in [0, 0.05) is 18.7 Å². The van der Waals surface area contributed by atoms with E-state index in [1.54, 1.807) is 12.1 Å². The minimum atomic E-state index is -3.65. The molecule has 0 saturated carbocycles. The van der Waals surface area contributed by atoms with E-state index in [-0.39, 0.29) is 22.8 Å². The minimum Gasteiger partial charge on any atom is -0.287 e. The maximum Gasteiger partial charge on any atom is 0.265 e. The number of anilines is 1. The zero-order valence-corrected chi connectivity index (χ0v) is 18.4. The molecule has 3 amide bonds. The normalized spacial score (nSPS) is 19.5. The molecule has 0 spiro atoms. The summed E-state index contributed by atoms with van der Waals surface area (Å²) >= 11 is 0. The van der Waals surface area contributed by atoms with E-state index in [1.807, 2.05) is 19.1 Å². The third-order valence-corrected chi connectivity index (χ3v) is 7.49. The van der Waals surface area contributed by atoms with Crippen molar-refractivity contribution in [3.8, 4) is 0 Å². The Bertz CT molecular complexity index is 1160. The van der Waals surface area contributed by atoms with Crippen molar-refractivity contribution >= 4 is 33.4 Å². The highest BCUT2D eigenvalue weighted by atomic mass is 32.2. The van der Waals surface area contributed by atoms with Crippen LogP contribution in [0, 0.1) is 6.92 Å². The number of hydrogen-bond acceptors (Lipinski definition) is 6. The molecule has 4 rings (SSSR count). The van der Waals surface area contributed by atoms with Gasteiger partial charge < -0.3 is 0 Å². The summed E-state index contributed by atoms with van der Waals surface area (Å²) < 4.78 is 26.9. The van der Waals surface area contributed by atoms with Gasteiger partial charge in [0.1, 0.15) is 6.04 Å². The molecule has 2 aromatic carbocycles. The molecule has 168 valence electrons. The Morgan fingerprint density at radius 3 is 2.41 bits per heavy atom. The number of amides is 3. The largest absolute Gasteiger partial charge is 0.287 e. The van der Waals surface area contributed by atoms with Crippen molar-refractivity contribution in [3.63, 3.8) is 0 Å². The first-order valence-corrected chi connectivity index (χ1v) is 11.8. The second kappa shape index (κ2) is 8.81. The molecule has 2 fully saturated rings. The minimum absolute atomic E-state index is 0.0460. The van der Waals surface area contributed by atoms with Gasteiger partial charge in [0.25, 0.3) is 11.8 Å². The van der Waals surface area contributed by atoms with Gasteiger partial charge in [0.15, 0.2) is 0 Å². The predicted molar refractivity (Wildman–Crippen MR) is 117 cm³/mol. The summed E-state index contributed by atoms with van der Waals surface area (Å²) in [6, 6.07) is 11.8. The average molecular weight is 457 g/mol. The van der Waals surface area contributed by atoms with E-state index in [0.29, 0.717) is 18.8 Å². The van der Waals surface area contributed by atoms with Gasteiger partial charge in [0.05, 0.1) is 17.0 Å². The molecule has 0 unspecified atom stereocenters. The first-order valence-electron chi connectivity index (χ1n) is 10.4. The smallest absolute Gasteiger partial charge is 0.265 e. The van der Waals surface area contributed by atoms with Crippen LogP contribution in [0.15, 0.2) is 53.4 Å². The van der Waals surface area contributed by atoms with Gasteiger partial charge in [-0.1, -0.05) is 23.8 Å². The summed E-state index contributed by atoms with van der Waals surface area (Å²) in [5, 5.41) is 0. The summed E-state index contributed by atoms with van der Waals surface area (Å²) in [4.78, 5) is 38.8. The van der Waals surface area contributed by atoms with Crippen molar-refractivity contribution in [2.45, 2.75) is 37.1 Å². The number of carbonyl (C=O) groups excluding carboxylic acids is 3. The summed E-state index contributed by atoms with van der Waals surface area (Å²) in [5.41, 5.74) is 6.64. The molecule has 0 bridgehead atoms. The highest BCUT2D eigenvalue weighted by Gasteiger charge is 2.39. The van der Waals surface area contributed by atoms with E-state index in [2.05, 4.69) is 10.9 Å². The fraction of sp³-hybridized carbons (Fsp3) is 0.318. The quantitative estimate of drug-likeness (QED) is 0.501. The van der Waals surface area contributed by atoms with Crippen molar-refractivity contribution in [1.29, 1.82) is 0 Å². The molecule has 2 saturated heterocycles. The lowest BCUT2D eigenvalue weighted by Crippen LogP contribution is -2.48. The van der Waals surface area contributed by atoms with Gasteiger partial charge in [0.2, 0.25) is 15.9 Å². The summed E-state index contributed by atoms with van der Waals surface area (Å²) in [6.45, 7) is 2.84. The number of carbonyl (C=O) groups is 3. The van der Waals surface area contributed by atoms with Crippen LogP contribution in [0.3, 0.4) is 0 Å². The maximum atomic E-state index is 12.7. The third kappa shape index (κ3) is 4.29. The highest BCUT2D eigenvalue weighted by Crippen LogP contribution is 2.24. The number of hydrogen-bond donors (Lipinski definition) is 2. The van der Waals surface area contributed by atoms with E-state index >= 15 is 0 Å². The average Bonchev–Trinajstić information content (AvgIpc) is 3.42. The number of hydrazine groups is 1. The number of sulfonamides is 1. The van der Waals surface area contributed by atoms with E-state index in [9.17, 15) is 22.8 Å². The standard InChI is InChI=1S/C22H24N4O5S/c1-15-7-9-17(10-8-15)26-20(27)14-19(22(26)29)23-24-21(28)16-5-4-6-18(13-16)32(30,31)25-11-2-3-12-25/h4-10,13,19,23H,2-3,11-12,14H2,1H3,(H,24,28)/t19-/m0/s1. The van der Waals surface area contributed by atoms with Gasteiger partial charge >= 0.3 is 0 Å². The predicted octanol–water partition coefficient (Wildman–Crippen LogP) is 1.35. The molecule has 2 aliphatic rings. The second-order valence-electron chi connectivity index (χ2n) is 7.90. The van der Waals surface area contributed by atoms with Crippen molar-refractivity contribution < 1.29 is 22.8 Å². The molecular weight excluding hydrogens is 432 g/mol. The lowest BCUT2D eigenvalue weighted by Gasteiger charge is -2.17. The molecular formula is C22H24N4O5S. The van der Waals surface area contributed by atoms with Crippen LogP contribution in [-0.4, -0.2) is 49.6 Å². The van der Waals surface area contributed by atoms with Crippen molar-refractivity contribution in [3.05, 3.63) is 59.7 Å². The first-order chi connectivity index (χ1) is 15.3. The van der Waals surface area contributed by atoms with Crippen LogP contribution in [0.4, 0.5) is 5.69 Å². The highest BCUT2D eigenvalue weighted by molar-refractivity contribution is 7.89. The van der Waals surface area contributed by atoms with Crippen molar-refractivity contribution in [2.75, 3.05) is 18.0 Å². The number of imide groups is 1. The van der Waals surface area contributed by atoms with E-state index < -0.39 is 27.9 Å². The summed E-state index contributed by atoms with van der Waals surface area (Å²) in [6.07, 6.45) is 1.53. The number of rotatable bonds is 6. The fourth-order valence-corrected chi connectivity index (χ4v) is 5.37. The van der Waals surface area contributed by atoms with Crippen molar-refractivity contribution in [2.24, 2.45) is 0 Å². The van der Waals surface area contributed by atoms with Gasteiger partial charge in [-0.05, 0) is 50.1 Å². The molecule has 0 aromatic heterocycles.